The molecule has 0 saturated heterocycles. The van der Waals surface area contributed by atoms with Crippen molar-refractivity contribution in [3.05, 3.63) is 36.3 Å². The summed E-state index contributed by atoms with van der Waals surface area (Å²) in [4.78, 5) is 15.1. The van der Waals surface area contributed by atoms with Crippen molar-refractivity contribution in [1.29, 1.82) is 0 Å². The minimum atomic E-state index is -0.0201. The first-order valence-corrected chi connectivity index (χ1v) is 4.01. The third-order valence-corrected chi connectivity index (χ3v) is 1.70. The van der Waals surface area contributed by atoms with Crippen molar-refractivity contribution in [3.8, 4) is 0 Å². The van der Waals surface area contributed by atoms with Gasteiger partial charge in [-0.2, -0.15) is 0 Å². The van der Waals surface area contributed by atoms with E-state index in [0.29, 0.717) is 5.69 Å². The maximum Gasteiger partial charge on any atom is 0.178 e. The van der Waals surface area contributed by atoms with E-state index in [1.165, 1.54) is 6.92 Å². The molecule has 0 amide bonds. The Morgan fingerprint density at radius 2 is 2.31 bits per heavy atom. The molecule has 1 aromatic heterocycles. The molecule has 0 aliphatic carbocycles. The number of Topliss-reactive ketones (excluding diaryl/α,β-unsaturated/α-hetero) is 1. The number of anilines is 1. The highest BCUT2D eigenvalue weighted by molar-refractivity contribution is 5.92. The van der Waals surface area contributed by atoms with E-state index in [1.54, 1.807) is 12.3 Å². The summed E-state index contributed by atoms with van der Waals surface area (Å²) in [6, 6.07) is 3.52. The Bertz CT molecular complexity index is 345. The molecule has 1 N–H and O–H groups in total. The Kier molecular flexibility index (Phi) is 2.80. The SMILES string of the molecule is C=CNc1ccc(C(C)=O)nc1C. The zero-order valence-electron chi connectivity index (χ0n) is 7.79. The van der Waals surface area contributed by atoms with Crippen LogP contribution in [0.2, 0.25) is 0 Å². The summed E-state index contributed by atoms with van der Waals surface area (Å²) in [5.41, 5.74) is 2.17. The van der Waals surface area contributed by atoms with E-state index in [4.69, 9.17) is 0 Å². The molecular weight excluding hydrogens is 164 g/mol. The van der Waals surface area contributed by atoms with Crippen molar-refractivity contribution in [2.75, 3.05) is 5.32 Å². The number of ketones is 1. The Morgan fingerprint density at radius 3 is 2.77 bits per heavy atom. The second-order valence-corrected chi connectivity index (χ2v) is 2.73. The van der Waals surface area contributed by atoms with Crippen LogP contribution >= 0.6 is 0 Å². The number of hydrogen-bond acceptors (Lipinski definition) is 3. The molecule has 0 fully saturated rings. The summed E-state index contributed by atoms with van der Waals surface area (Å²) >= 11 is 0. The van der Waals surface area contributed by atoms with Gasteiger partial charge >= 0.3 is 0 Å². The number of aromatic nitrogens is 1. The van der Waals surface area contributed by atoms with E-state index in [2.05, 4.69) is 16.9 Å². The molecule has 0 aliphatic heterocycles. The number of carbonyl (C=O) groups excluding carboxylic acids is 1. The molecule has 68 valence electrons. The largest absolute Gasteiger partial charge is 0.361 e. The summed E-state index contributed by atoms with van der Waals surface area (Å²) in [7, 11) is 0. The lowest BCUT2D eigenvalue weighted by Gasteiger charge is -2.04. The first-order valence-electron chi connectivity index (χ1n) is 4.01. The van der Waals surface area contributed by atoms with Crippen LogP contribution in [0.25, 0.3) is 0 Å². The van der Waals surface area contributed by atoms with Gasteiger partial charge in [0.1, 0.15) is 5.69 Å². The number of nitrogens with one attached hydrogen (secondary N) is 1. The molecule has 1 heterocycles. The van der Waals surface area contributed by atoms with Gasteiger partial charge in [-0.15, -0.1) is 0 Å². The van der Waals surface area contributed by atoms with Crippen molar-refractivity contribution in [2.24, 2.45) is 0 Å². The molecule has 0 saturated carbocycles. The van der Waals surface area contributed by atoms with Crippen LogP contribution in [0.1, 0.15) is 23.1 Å². The lowest BCUT2D eigenvalue weighted by Crippen LogP contribution is -2.00. The predicted molar refractivity (Wildman–Crippen MR) is 52.8 cm³/mol. The molecule has 0 spiro atoms. The zero-order valence-corrected chi connectivity index (χ0v) is 7.79. The summed E-state index contributed by atoms with van der Waals surface area (Å²) in [5.74, 6) is -0.0201. The third kappa shape index (κ3) is 2.15. The average molecular weight is 176 g/mol. The maximum absolute atomic E-state index is 11.0. The van der Waals surface area contributed by atoms with Crippen molar-refractivity contribution in [1.82, 2.24) is 4.98 Å². The fraction of sp³-hybridized carbons (Fsp3) is 0.200. The number of rotatable bonds is 3. The van der Waals surface area contributed by atoms with Crippen LogP contribution in [-0.4, -0.2) is 10.8 Å². The second-order valence-electron chi connectivity index (χ2n) is 2.73. The molecule has 1 rings (SSSR count). The maximum atomic E-state index is 11.0. The van der Waals surface area contributed by atoms with Gasteiger partial charge in [0.15, 0.2) is 5.78 Å². The standard InChI is InChI=1S/C10H12N2O/c1-4-11-9-5-6-10(8(3)13)12-7(9)2/h4-6,11H,1H2,2-3H3. The van der Waals surface area contributed by atoms with E-state index >= 15 is 0 Å². The van der Waals surface area contributed by atoms with Crippen LogP contribution in [-0.2, 0) is 0 Å². The topological polar surface area (TPSA) is 42.0 Å². The monoisotopic (exact) mass is 176 g/mol. The van der Waals surface area contributed by atoms with Crippen LogP contribution in [0, 0.1) is 6.92 Å². The Balaban J connectivity index is 3.04. The number of pyridine rings is 1. The highest BCUT2D eigenvalue weighted by Gasteiger charge is 2.03. The van der Waals surface area contributed by atoms with Gasteiger partial charge in [-0.25, -0.2) is 4.98 Å². The third-order valence-electron chi connectivity index (χ3n) is 1.70. The van der Waals surface area contributed by atoms with Crippen molar-refractivity contribution < 1.29 is 4.79 Å². The molecule has 0 bridgehead atoms. The van der Waals surface area contributed by atoms with E-state index in [0.717, 1.165) is 11.4 Å². The quantitative estimate of drug-likeness (QED) is 0.717. The van der Waals surface area contributed by atoms with Crippen molar-refractivity contribution in [3.63, 3.8) is 0 Å². The van der Waals surface area contributed by atoms with Crippen LogP contribution < -0.4 is 5.32 Å². The van der Waals surface area contributed by atoms with Crippen LogP contribution in [0.4, 0.5) is 5.69 Å². The number of aryl methyl sites for hydroxylation is 1. The van der Waals surface area contributed by atoms with Crippen molar-refractivity contribution >= 4 is 11.5 Å². The average Bonchev–Trinajstić information content (AvgIpc) is 2.08. The van der Waals surface area contributed by atoms with E-state index in [-0.39, 0.29) is 5.78 Å². The van der Waals surface area contributed by atoms with Gasteiger partial charge in [0.2, 0.25) is 0 Å². The molecule has 3 heteroatoms. The van der Waals surface area contributed by atoms with Gasteiger partial charge < -0.3 is 5.32 Å². The molecule has 0 atom stereocenters. The molecular formula is C10H12N2O. The number of hydrogen-bond donors (Lipinski definition) is 1. The van der Waals surface area contributed by atoms with Gasteiger partial charge in [0, 0.05) is 6.92 Å². The van der Waals surface area contributed by atoms with Crippen LogP contribution in [0.3, 0.4) is 0 Å². The second kappa shape index (κ2) is 3.85. The molecule has 1 aromatic rings. The molecule has 3 nitrogen and oxygen atoms in total. The summed E-state index contributed by atoms with van der Waals surface area (Å²) in [6.45, 7) is 6.90. The molecule has 0 aliphatic rings. The molecule has 0 unspecified atom stereocenters. The summed E-state index contributed by atoms with van der Waals surface area (Å²) in [5, 5.41) is 2.93. The first-order chi connectivity index (χ1) is 6.15. The van der Waals surface area contributed by atoms with Crippen molar-refractivity contribution in [2.45, 2.75) is 13.8 Å². The predicted octanol–water partition coefficient (Wildman–Crippen LogP) is 2.15. The van der Waals surface area contributed by atoms with E-state index in [9.17, 15) is 4.79 Å². The first kappa shape index (κ1) is 9.45. The highest BCUT2D eigenvalue weighted by atomic mass is 16.1. The number of carbonyl (C=O) groups is 1. The minimum Gasteiger partial charge on any atom is -0.361 e. The highest BCUT2D eigenvalue weighted by Crippen LogP contribution is 2.12. The van der Waals surface area contributed by atoms with Gasteiger partial charge in [-0.05, 0) is 25.3 Å². The summed E-state index contributed by atoms with van der Waals surface area (Å²) in [6.07, 6.45) is 1.58. The smallest absolute Gasteiger partial charge is 0.178 e. The number of nitrogens with zero attached hydrogens (tertiary/aromatic N) is 1. The molecule has 0 radical (unpaired) electrons. The fourth-order valence-corrected chi connectivity index (χ4v) is 1.02. The minimum absolute atomic E-state index is 0.0201. The lowest BCUT2D eigenvalue weighted by molar-refractivity contribution is 0.101. The van der Waals surface area contributed by atoms with Crippen LogP contribution in [0.5, 0.6) is 0 Å². The van der Waals surface area contributed by atoms with E-state index < -0.39 is 0 Å². The Morgan fingerprint density at radius 1 is 1.62 bits per heavy atom. The van der Waals surface area contributed by atoms with Gasteiger partial charge in [0.25, 0.3) is 0 Å². The van der Waals surface area contributed by atoms with Gasteiger partial charge in [-0.1, -0.05) is 6.58 Å². The van der Waals surface area contributed by atoms with Crippen LogP contribution in [0.15, 0.2) is 24.9 Å². The molecule has 0 aromatic carbocycles. The normalized spacial score (nSPS) is 9.38. The molecule has 13 heavy (non-hydrogen) atoms. The zero-order chi connectivity index (χ0) is 9.84. The Labute approximate surface area is 77.5 Å². The van der Waals surface area contributed by atoms with E-state index in [1.807, 2.05) is 13.0 Å². The Hall–Kier alpha value is -1.64. The van der Waals surface area contributed by atoms with Gasteiger partial charge in [-0.3, -0.25) is 4.79 Å². The fourth-order valence-electron chi connectivity index (χ4n) is 1.02. The lowest BCUT2D eigenvalue weighted by atomic mass is 10.2. The summed E-state index contributed by atoms with van der Waals surface area (Å²) < 4.78 is 0. The van der Waals surface area contributed by atoms with Gasteiger partial charge in [0.05, 0.1) is 11.4 Å².